The number of piperidine rings is 1. The maximum absolute atomic E-state index is 12.8. The van der Waals surface area contributed by atoms with Crippen LogP contribution in [0.15, 0.2) is 23.0 Å². The lowest BCUT2D eigenvalue weighted by atomic mass is 9.83. The third-order valence-electron chi connectivity index (χ3n) is 7.38. The first-order valence-corrected chi connectivity index (χ1v) is 12.9. The van der Waals surface area contributed by atoms with E-state index in [-0.39, 0.29) is 5.56 Å². The Bertz CT molecular complexity index is 786. The second-order valence-corrected chi connectivity index (χ2v) is 9.93. The van der Waals surface area contributed by atoms with Gasteiger partial charge in [-0.2, -0.15) is 0 Å². The number of ether oxygens (including phenoxy) is 2. The monoisotopic (exact) mass is 444 g/mol. The Hall–Kier alpha value is -1.66. The van der Waals surface area contributed by atoms with Crippen LogP contribution in [0.3, 0.4) is 0 Å². The second kappa shape index (κ2) is 12.0. The molecule has 1 aromatic heterocycles. The molecular weight excluding hydrogens is 404 g/mol. The van der Waals surface area contributed by atoms with E-state index in [1.54, 1.807) is 6.07 Å². The molecule has 6 nitrogen and oxygen atoms in total. The van der Waals surface area contributed by atoms with Crippen LogP contribution in [0, 0.1) is 5.92 Å². The lowest BCUT2D eigenvalue weighted by Crippen LogP contribution is -2.49. The highest BCUT2D eigenvalue weighted by Gasteiger charge is 2.35. The first-order chi connectivity index (χ1) is 15.7. The summed E-state index contributed by atoms with van der Waals surface area (Å²) in [6.07, 6.45) is 13.0. The summed E-state index contributed by atoms with van der Waals surface area (Å²) in [5.41, 5.74) is 1.22. The van der Waals surface area contributed by atoms with Crippen LogP contribution in [0.25, 0.3) is 0 Å². The minimum atomic E-state index is 0.102. The van der Waals surface area contributed by atoms with E-state index in [0.29, 0.717) is 30.3 Å². The fourth-order valence-electron chi connectivity index (χ4n) is 5.67. The molecule has 0 aromatic carbocycles. The number of likely N-dealkylation sites (tertiary alicyclic amines) is 1. The molecule has 3 atom stereocenters. The minimum Gasteiger partial charge on any atom is -0.376 e. The molecule has 0 saturated carbocycles. The highest BCUT2D eigenvalue weighted by atomic mass is 16.6. The second-order valence-electron chi connectivity index (χ2n) is 9.93. The van der Waals surface area contributed by atoms with Crippen LogP contribution in [0.5, 0.6) is 0 Å². The van der Waals surface area contributed by atoms with Gasteiger partial charge in [-0.05, 0) is 31.2 Å². The summed E-state index contributed by atoms with van der Waals surface area (Å²) in [6.45, 7) is 4.62. The van der Waals surface area contributed by atoms with Crippen LogP contribution >= 0.6 is 0 Å². The van der Waals surface area contributed by atoms with E-state index in [2.05, 4.69) is 11.0 Å². The van der Waals surface area contributed by atoms with Gasteiger partial charge in [-0.1, -0.05) is 51.0 Å². The molecule has 1 aromatic rings. The molecule has 0 aliphatic carbocycles. The standard InChI is InChI=1S/C26H40N2O4/c29-25(12-8-6-4-2-1-3-5-7-10-23-20-31-14-15-32-23)27-17-21-16-22(19-27)24-11-9-13-26(30)28(24)18-21/h9,11,13,21-23H,1-8,10,12,14-20H2/t21-,22-,23+/m1/s1. The van der Waals surface area contributed by atoms with E-state index >= 15 is 0 Å². The molecule has 0 spiro atoms. The van der Waals surface area contributed by atoms with Gasteiger partial charge >= 0.3 is 0 Å². The Morgan fingerprint density at radius 2 is 1.72 bits per heavy atom. The van der Waals surface area contributed by atoms with Crippen molar-refractivity contribution in [3.63, 3.8) is 0 Å². The Morgan fingerprint density at radius 1 is 0.938 bits per heavy atom. The van der Waals surface area contributed by atoms with E-state index in [1.807, 2.05) is 10.6 Å². The lowest BCUT2D eigenvalue weighted by Gasteiger charge is -2.42. The van der Waals surface area contributed by atoms with Crippen LogP contribution in [0.1, 0.15) is 82.2 Å². The molecule has 2 saturated heterocycles. The summed E-state index contributed by atoms with van der Waals surface area (Å²) < 4.78 is 13.1. The van der Waals surface area contributed by atoms with E-state index in [4.69, 9.17) is 9.47 Å². The quantitative estimate of drug-likeness (QED) is 0.482. The van der Waals surface area contributed by atoms with Crippen LogP contribution in [0.2, 0.25) is 0 Å². The smallest absolute Gasteiger partial charge is 0.250 e. The van der Waals surface area contributed by atoms with Gasteiger partial charge in [0.15, 0.2) is 0 Å². The van der Waals surface area contributed by atoms with Crippen molar-refractivity contribution in [1.29, 1.82) is 0 Å². The molecular formula is C26H40N2O4. The van der Waals surface area contributed by atoms with Gasteiger partial charge in [-0.3, -0.25) is 9.59 Å². The zero-order valence-electron chi connectivity index (χ0n) is 19.5. The maximum Gasteiger partial charge on any atom is 0.250 e. The van der Waals surface area contributed by atoms with Crippen LogP contribution in [0.4, 0.5) is 0 Å². The summed E-state index contributed by atoms with van der Waals surface area (Å²) in [5, 5.41) is 0. The van der Waals surface area contributed by atoms with E-state index in [9.17, 15) is 9.59 Å². The predicted octanol–water partition coefficient (Wildman–Crippen LogP) is 4.11. The molecule has 0 N–H and O–H groups in total. The lowest BCUT2D eigenvalue weighted by molar-refractivity contribution is -0.134. The SMILES string of the molecule is O=C(CCCCCCCCCC[C@H]1COCCO1)N1C[C@H]2C[C@H](C1)c1cccc(=O)n1C2. The molecule has 178 valence electrons. The van der Waals surface area contributed by atoms with Crippen molar-refractivity contribution >= 4 is 5.91 Å². The van der Waals surface area contributed by atoms with Crippen LogP contribution in [-0.4, -0.2) is 54.4 Å². The van der Waals surface area contributed by atoms with E-state index in [0.717, 1.165) is 70.8 Å². The number of carbonyl (C=O) groups excluding carboxylic acids is 1. The molecule has 2 fully saturated rings. The summed E-state index contributed by atoms with van der Waals surface area (Å²) in [4.78, 5) is 27.0. The van der Waals surface area contributed by atoms with Crippen molar-refractivity contribution < 1.29 is 14.3 Å². The molecule has 0 radical (unpaired) electrons. The molecule has 4 heterocycles. The Morgan fingerprint density at radius 3 is 2.50 bits per heavy atom. The maximum atomic E-state index is 12.8. The van der Waals surface area contributed by atoms with Crippen molar-refractivity contribution in [3.05, 3.63) is 34.2 Å². The van der Waals surface area contributed by atoms with E-state index < -0.39 is 0 Å². The largest absolute Gasteiger partial charge is 0.376 e. The van der Waals surface area contributed by atoms with Crippen LogP contribution < -0.4 is 5.56 Å². The third-order valence-corrected chi connectivity index (χ3v) is 7.38. The van der Waals surface area contributed by atoms with Gasteiger partial charge in [0.2, 0.25) is 5.91 Å². The Kier molecular flexibility index (Phi) is 8.80. The van der Waals surface area contributed by atoms with Crippen molar-refractivity contribution in [2.24, 2.45) is 5.92 Å². The number of aromatic nitrogens is 1. The zero-order valence-corrected chi connectivity index (χ0v) is 19.5. The molecule has 2 bridgehead atoms. The topological polar surface area (TPSA) is 60.8 Å². The highest BCUT2D eigenvalue weighted by Crippen LogP contribution is 2.35. The molecule has 6 heteroatoms. The van der Waals surface area contributed by atoms with Crippen molar-refractivity contribution in [2.75, 3.05) is 32.9 Å². The fraction of sp³-hybridized carbons (Fsp3) is 0.769. The molecule has 3 aliphatic rings. The van der Waals surface area contributed by atoms with Gasteiger partial charge in [-0.25, -0.2) is 0 Å². The molecule has 1 amide bonds. The average molecular weight is 445 g/mol. The number of rotatable bonds is 11. The van der Waals surface area contributed by atoms with Crippen LogP contribution in [-0.2, 0) is 20.8 Å². The number of carbonyl (C=O) groups is 1. The number of pyridine rings is 1. The summed E-state index contributed by atoms with van der Waals surface area (Å²) in [7, 11) is 0. The van der Waals surface area contributed by atoms with Gasteiger partial charge in [0.05, 0.1) is 25.9 Å². The molecule has 32 heavy (non-hydrogen) atoms. The number of fused-ring (bicyclic) bond motifs is 4. The van der Waals surface area contributed by atoms with Gasteiger partial charge in [0.1, 0.15) is 0 Å². The van der Waals surface area contributed by atoms with Gasteiger partial charge in [0.25, 0.3) is 5.56 Å². The summed E-state index contributed by atoms with van der Waals surface area (Å²) in [6, 6.07) is 5.57. The van der Waals surface area contributed by atoms with Crippen molar-refractivity contribution in [2.45, 2.75) is 89.2 Å². The number of hydrogen-bond donors (Lipinski definition) is 0. The van der Waals surface area contributed by atoms with Gasteiger partial charge in [-0.15, -0.1) is 0 Å². The molecule has 4 rings (SSSR count). The minimum absolute atomic E-state index is 0.102. The fourth-order valence-corrected chi connectivity index (χ4v) is 5.67. The van der Waals surface area contributed by atoms with Gasteiger partial charge < -0.3 is 18.9 Å². The third kappa shape index (κ3) is 6.44. The van der Waals surface area contributed by atoms with Crippen molar-refractivity contribution in [3.8, 4) is 0 Å². The van der Waals surface area contributed by atoms with E-state index in [1.165, 1.54) is 38.5 Å². The zero-order chi connectivity index (χ0) is 22.2. The first-order valence-electron chi connectivity index (χ1n) is 12.9. The number of nitrogens with zero attached hydrogens (tertiary/aromatic N) is 2. The normalized spacial score (nSPS) is 24.9. The first kappa shape index (κ1) is 23.5. The Balaban J connectivity index is 1.05. The average Bonchev–Trinajstić information content (AvgIpc) is 2.81. The molecule has 0 unspecified atom stereocenters. The number of hydrogen-bond acceptors (Lipinski definition) is 4. The highest BCUT2D eigenvalue weighted by molar-refractivity contribution is 5.76. The summed E-state index contributed by atoms with van der Waals surface area (Å²) in [5.74, 6) is 1.04. The number of unbranched alkanes of at least 4 members (excludes halogenated alkanes) is 7. The predicted molar refractivity (Wildman–Crippen MR) is 125 cm³/mol. The van der Waals surface area contributed by atoms with Crippen molar-refractivity contribution in [1.82, 2.24) is 9.47 Å². The molecule has 3 aliphatic heterocycles. The van der Waals surface area contributed by atoms with Gasteiger partial charge in [0, 0.05) is 43.7 Å². The number of amides is 1. The summed E-state index contributed by atoms with van der Waals surface area (Å²) >= 11 is 0. The Labute approximate surface area is 192 Å².